The molecule has 4 heteroatoms. The second kappa shape index (κ2) is 5.98. The van der Waals surface area contributed by atoms with Crippen molar-refractivity contribution < 1.29 is 19.4 Å². The molecule has 0 amide bonds. The van der Waals surface area contributed by atoms with Crippen molar-refractivity contribution >= 4 is 5.97 Å². The van der Waals surface area contributed by atoms with E-state index in [0.717, 1.165) is 12.8 Å². The fourth-order valence-electron chi connectivity index (χ4n) is 1.43. The number of carbonyl (C=O) groups is 1. The van der Waals surface area contributed by atoms with Gasteiger partial charge in [0.1, 0.15) is 0 Å². The summed E-state index contributed by atoms with van der Waals surface area (Å²) in [5, 5.41) is 9.59. The van der Waals surface area contributed by atoms with E-state index in [1.165, 1.54) is 0 Å². The molecule has 1 rings (SSSR count). The van der Waals surface area contributed by atoms with E-state index in [4.69, 9.17) is 9.47 Å². The molecule has 0 saturated carbocycles. The van der Waals surface area contributed by atoms with Crippen LogP contribution in [0.4, 0.5) is 0 Å². The van der Waals surface area contributed by atoms with Gasteiger partial charge in [-0.15, -0.1) is 0 Å². The van der Waals surface area contributed by atoms with Gasteiger partial charge in [0.05, 0.1) is 25.2 Å². The summed E-state index contributed by atoms with van der Waals surface area (Å²) in [5.74, 6) is -0.673. The highest BCUT2D eigenvalue weighted by Gasteiger charge is 2.32. The lowest BCUT2D eigenvalue weighted by atomic mass is 10.0. The molecule has 1 heterocycles. The van der Waals surface area contributed by atoms with E-state index in [-0.39, 0.29) is 18.5 Å². The Kier molecular flexibility index (Phi) is 4.90. The first-order valence-electron chi connectivity index (χ1n) is 5.18. The Morgan fingerprint density at radius 2 is 2.50 bits per heavy atom. The molecule has 82 valence electrons. The van der Waals surface area contributed by atoms with Crippen LogP contribution in [-0.4, -0.2) is 37.0 Å². The van der Waals surface area contributed by atoms with Crippen molar-refractivity contribution in [1.29, 1.82) is 0 Å². The summed E-state index contributed by atoms with van der Waals surface area (Å²) in [4.78, 5) is 11.1. The zero-order valence-corrected chi connectivity index (χ0v) is 8.57. The van der Waals surface area contributed by atoms with Crippen molar-refractivity contribution in [1.82, 2.24) is 0 Å². The molecule has 0 aromatic heterocycles. The smallest absolute Gasteiger partial charge is 0.311 e. The molecular formula is C10H18O4. The lowest BCUT2D eigenvalue weighted by Gasteiger charge is -2.14. The second-order valence-electron chi connectivity index (χ2n) is 3.56. The molecule has 1 saturated heterocycles. The standard InChI is InChI=1S/C10H18O4/c1-2-3-5-13-7-9(11)8-4-6-14-10(8)12/h8-9,11H,2-7H2,1H3/t8-,9+/m1/s1. The number of hydrogen-bond donors (Lipinski definition) is 1. The van der Waals surface area contributed by atoms with Crippen molar-refractivity contribution in [2.45, 2.75) is 32.3 Å². The van der Waals surface area contributed by atoms with Crippen LogP contribution in [-0.2, 0) is 14.3 Å². The Morgan fingerprint density at radius 3 is 3.07 bits per heavy atom. The minimum atomic E-state index is -0.707. The van der Waals surface area contributed by atoms with Crippen LogP contribution in [0.3, 0.4) is 0 Å². The number of cyclic esters (lactones) is 1. The number of ether oxygens (including phenoxy) is 2. The third-order valence-corrected chi connectivity index (χ3v) is 2.37. The number of hydrogen-bond acceptors (Lipinski definition) is 4. The molecule has 0 aliphatic carbocycles. The van der Waals surface area contributed by atoms with E-state index in [1.54, 1.807) is 0 Å². The maximum absolute atomic E-state index is 11.1. The fourth-order valence-corrected chi connectivity index (χ4v) is 1.43. The summed E-state index contributed by atoms with van der Waals surface area (Å²) >= 11 is 0. The summed E-state index contributed by atoms with van der Waals surface area (Å²) in [5.41, 5.74) is 0. The van der Waals surface area contributed by atoms with Crippen LogP contribution in [0.15, 0.2) is 0 Å². The Morgan fingerprint density at radius 1 is 1.71 bits per heavy atom. The van der Waals surface area contributed by atoms with Gasteiger partial charge in [0.2, 0.25) is 0 Å². The summed E-state index contributed by atoms with van der Waals surface area (Å²) in [6, 6.07) is 0. The van der Waals surface area contributed by atoms with Gasteiger partial charge in [-0.05, 0) is 12.8 Å². The molecule has 1 aliphatic rings. The Hall–Kier alpha value is -0.610. The minimum Gasteiger partial charge on any atom is -0.465 e. The van der Waals surface area contributed by atoms with Gasteiger partial charge in [-0.2, -0.15) is 0 Å². The maximum atomic E-state index is 11.1. The first-order valence-corrected chi connectivity index (χ1v) is 5.18. The molecule has 0 aromatic carbocycles. The normalized spacial score (nSPS) is 23.6. The zero-order valence-electron chi connectivity index (χ0n) is 8.57. The molecular weight excluding hydrogens is 184 g/mol. The van der Waals surface area contributed by atoms with E-state index >= 15 is 0 Å². The Bertz CT molecular complexity index is 181. The highest BCUT2D eigenvalue weighted by atomic mass is 16.5. The molecule has 1 N–H and O–H groups in total. The number of esters is 1. The number of unbranched alkanes of at least 4 members (excludes halogenated alkanes) is 1. The SMILES string of the molecule is CCCCOC[C@H](O)[C@H]1CCOC1=O. The summed E-state index contributed by atoms with van der Waals surface area (Å²) in [6.45, 7) is 3.39. The quantitative estimate of drug-likeness (QED) is 0.509. The summed E-state index contributed by atoms with van der Waals surface area (Å²) in [6.07, 6.45) is 1.96. The molecule has 0 aromatic rings. The molecule has 0 radical (unpaired) electrons. The Balaban J connectivity index is 2.14. The first kappa shape index (κ1) is 11.5. The summed E-state index contributed by atoms with van der Waals surface area (Å²) in [7, 11) is 0. The average molecular weight is 202 g/mol. The van der Waals surface area contributed by atoms with Crippen LogP contribution in [0.25, 0.3) is 0 Å². The van der Waals surface area contributed by atoms with Gasteiger partial charge in [0.25, 0.3) is 0 Å². The van der Waals surface area contributed by atoms with Gasteiger partial charge in [-0.25, -0.2) is 0 Å². The first-order chi connectivity index (χ1) is 6.75. The Labute approximate surface area is 84.2 Å². The van der Waals surface area contributed by atoms with E-state index in [0.29, 0.717) is 19.6 Å². The number of carbonyl (C=O) groups excluding carboxylic acids is 1. The third kappa shape index (κ3) is 3.27. The zero-order chi connectivity index (χ0) is 10.4. The molecule has 0 spiro atoms. The number of aliphatic hydroxyl groups excluding tert-OH is 1. The van der Waals surface area contributed by atoms with E-state index in [9.17, 15) is 9.90 Å². The monoisotopic (exact) mass is 202 g/mol. The van der Waals surface area contributed by atoms with Crippen LogP contribution < -0.4 is 0 Å². The van der Waals surface area contributed by atoms with E-state index in [1.807, 2.05) is 0 Å². The van der Waals surface area contributed by atoms with Gasteiger partial charge in [0.15, 0.2) is 0 Å². The van der Waals surface area contributed by atoms with Crippen LogP contribution in [0, 0.1) is 5.92 Å². The molecule has 2 atom stereocenters. The molecule has 0 bridgehead atoms. The van der Waals surface area contributed by atoms with Gasteiger partial charge >= 0.3 is 5.97 Å². The van der Waals surface area contributed by atoms with Gasteiger partial charge in [0, 0.05) is 6.61 Å². The average Bonchev–Trinajstić information content (AvgIpc) is 2.59. The predicted octanol–water partition coefficient (Wildman–Crippen LogP) is 0.727. The van der Waals surface area contributed by atoms with Gasteiger partial charge in [-0.1, -0.05) is 13.3 Å². The van der Waals surface area contributed by atoms with E-state index < -0.39 is 6.10 Å². The van der Waals surface area contributed by atoms with Crippen molar-refractivity contribution in [3.63, 3.8) is 0 Å². The lowest BCUT2D eigenvalue weighted by molar-refractivity contribution is -0.145. The van der Waals surface area contributed by atoms with Crippen molar-refractivity contribution in [3.8, 4) is 0 Å². The molecule has 1 fully saturated rings. The fraction of sp³-hybridized carbons (Fsp3) is 0.900. The van der Waals surface area contributed by atoms with Gasteiger partial charge in [-0.3, -0.25) is 4.79 Å². The summed E-state index contributed by atoms with van der Waals surface area (Å²) < 4.78 is 10.00. The molecule has 14 heavy (non-hydrogen) atoms. The molecule has 4 nitrogen and oxygen atoms in total. The van der Waals surface area contributed by atoms with Crippen LogP contribution in [0.2, 0.25) is 0 Å². The predicted molar refractivity (Wildman–Crippen MR) is 50.8 cm³/mol. The third-order valence-electron chi connectivity index (χ3n) is 2.37. The number of aliphatic hydroxyl groups is 1. The maximum Gasteiger partial charge on any atom is 0.311 e. The largest absolute Gasteiger partial charge is 0.465 e. The topological polar surface area (TPSA) is 55.8 Å². The van der Waals surface area contributed by atoms with E-state index in [2.05, 4.69) is 6.92 Å². The van der Waals surface area contributed by atoms with Crippen LogP contribution in [0.5, 0.6) is 0 Å². The minimum absolute atomic E-state index is 0.236. The van der Waals surface area contributed by atoms with Crippen molar-refractivity contribution in [2.24, 2.45) is 5.92 Å². The second-order valence-corrected chi connectivity index (χ2v) is 3.56. The van der Waals surface area contributed by atoms with Crippen molar-refractivity contribution in [2.75, 3.05) is 19.8 Å². The highest BCUT2D eigenvalue weighted by Crippen LogP contribution is 2.18. The van der Waals surface area contributed by atoms with Crippen molar-refractivity contribution in [3.05, 3.63) is 0 Å². The lowest BCUT2D eigenvalue weighted by Crippen LogP contribution is -2.29. The van der Waals surface area contributed by atoms with Crippen LogP contribution in [0.1, 0.15) is 26.2 Å². The molecule has 0 unspecified atom stereocenters. The van der Waals surface area contributed by atoms with Gasteiger partial charge < -0.3 is 14.6 Å². The highest BCUT2D eigenvalue weighted by molar-refractivity contribution is 5.74. The molecule has 1 aliphatic heterocycles. The van der Waals surface area contributed by atoms with Crippen LogP contribution >= 0.6 is 0 Å². The number of rotatable bonds is 6.